The van der Waals surface area contributed by atoms with Crippen molar-refractivity contribution in [3.8, 4) is 17.1 Å². The summed E-state index contributed by atoms with van der Waals surface area (Å²) in [7, 11) is 1.56. The molecule has 1 heterocycles. The summed E-state index contributed by atoms with van der Waals surface area (Å²) < 4.78 is 23.9. The molecule has 0 saturated carbocycles. The molecule has 0 aliphatic heterocycles. The molecule has 1 N–H and O–H groups in total. The van der Waals surface area contributed by atoms with Gasteiger partial charge in [-0.1, -0.05) is 6.07 Å². The van der Waals surface area contributed by atoms with Gasteiger partial charge < -0.3 is 14.5 Å². The van der Waals surface area contributed by atoms with Crippen molar-refractivity contribution in [2.45, 2.75) is 19.8 Å². The van der Waals surface area contributed by atoms with Crippen molar-refractivity contribution in [1.82, 2.24) is 4.98 Å². The Kier molecular flexibility index (Phi) is 5.31. The predicted octanol–water partition coefficient (Wildman–Crippen LogP) is 4.37. The molecular weight excluding hydrogens is 335 g/mol. The average Bonchev–Trinajstić information content (AvgIpc) is 3.10. The molecule has 0 aliphatic rings. The lowest BCUT2D eigenvalue weighted by Crippen LogP contribution is -2.13. The number of rotatable bonds is 6. The summed E-state index contributed by atoms with van der Waals surface area (Å²) >= 11 is 0. The van der Waals surface area contributed by atoms with Crippen LogP contribution in [0.15, 0.2) is 53.1 Å². The minimum atomic E-state index is -0.309. The van der Waals surface area contributed by atoms with Gasteiger partial charge in [-0.3, -0.25) is 4.79 Å². The van der Waals surface area contributed by atoms with E-state index in [-0.39, 0.29) is 18.1 Å². The molecule has 0 unspecified atom stereocenters. The molecule has 134 valence electrons. The van der Waals surface area contributed by atoms with Crippen molar-refractivity contribution < 1.29 is 18.3 Å². The van der Waals surface area contributed by atoms with Gasteiger partial charge in [-0.2, -0.15) is 0 Å². The number of aryl methyl sites for hydroxylation is 2. The van der Waals surface area contributed by atoms with Crippen LogP contribution in [-0.4, -0.2) is 18.0 Å². The SMILES string of the molecule is COc1ccc(C)cc1NC(=O)CCc1ncc(-c2ccc(F)cc2)o1. The molecule has 2 aromatic carbocycles. The number of halogens is 1. The van der Waals surface area contributed by atoms with E-state index in [0.717, 1.165) is 11.1 Å². The standard InChI is InChI=1S/C20H19FN2O3/c1-13-3-8-17(25-2)16(11-13)23-19(24)9-10-20-22-12-18(26-20)14-4-6-15(21)7-5-14/h3-8,11-12H,9-10H2,1-2H3,(H,23,24). The molecule has 26 heavy (non-hydrogen) atoms. The molecule has 0 radical (unpaired) electrons. The molecule has 1 amide bonds. The number of aromatic nitrogens is 1. The molecule has 5 nitrogen and oxygen atoms in total. The second-order valence-corrected chi connectivity index (χ2v) is 5.88. The first-order chi connectivity index (χ1) is 12.5. The highest BCUT2D eigenvalue weighted by Crippen LogP contribution is 2.25. The summed E-state index contributed by atoms with van der Waals surface area (Å²) in [4.78, 5) is 16.4. The number of carbonyl (C=O) groups excluding carboxylic acids is 1. The minimum absolute atomic E-state index is 0.157. The molecule has 1 aromatic heterocycles. The molecule has 0 fully saturated rings. The van der Waals surface area contributed by atoms with Gasteiger partial charge in [-0.25, -0.2) is 9.37 Å². The number of ether oxygens (including phenoxy) is 1. The van der Waals surface area contributed by atoms with E-state index in [1.165, 1.54) is 12.1 Å². The average molecular weight is 354 g/mol. The number of carbonyl (C=O) groups is 1. The lowest BCUT2D eigenvalue weighted by atomic mass is 10.2. The van der Waals surface area contributed by atoms with Crippen LogP contribution >= 0.6 is 0 Å². The van der Waals surface area contributed by atoms with E-state index in [0.29, 0.717) is 29.5 Å². The van der Waals surface area contributed by atoms with Crippen LogP contribution in [0.1, 0.15) is 17.9 Å². The number of benzene rings is 2. The monoisotopic (exact) mass is 354 g/mol. The third kappa shape index (κ3) is 4.27. The van der Waals surface area contributed by atoms with Crippen molar-refractivity contribution in [3.05, 3.63) is 65.9 Å². The predicted molar refractivity (Wildman–Crippen MR) is 96.6 cm³/mol. The normalized spacial score (nSPS) is 10.6. The van der Waals surface area contributed by atoms with Gasteiger partial charge in [0.2, 0.25) is 5.91 Å². The van der Waals surface area contributed by atoms with Gasteiger partial charge in [0.15, 0.2) is 11.7 Å². The zero-order chi connectivity index (χ0) is 18.5. The Morgan fingerprint density at radius 2 is 2.00 bits per heavy atom. The Balaban J connectivity index is 1.60. The van der Waals surface area contributed by atoms with E-state index >= 15 is 0 Å². The summed E-state index contributed by atoms with van der Waals surface area (Å²) in [6.45, 7) is 1.94. The van der Waals surface area contributed by atoms with Gasteiger partial charge in [0, 0.05) is 18.4 Å². The number of nitrogens with zero attached hydrogens (tertiary/aromatic N) is 1. The Morgan fingerprint density at radius 3 is 2.73 bits per heavy atom. The van der Waals surface area contributed by atoms with Crippen molar-refractivity contribution in [2.75, 3.05) is 12.4 Å². The van der Waals surface area contributed by atoms with Gasteiger partial charge in [0.05, 0.1) is 19.0 Å². The number of amides is 1. The Hall–Kier alpha value is -3.15. The molecule has 0 atom stereocenters. The zero-order valence-electron chi connectivity index (χ0n) is 14.6. The Bertz CT molecular complexity index is 904. The van der Waals surface area contributed by atoms with E-state index in [2.05, 4.69) is 10.3 Å². The molecule has 0 saturated heterocycles. The maximum Gasteiger partial charge on any atom is 0.224 e. The largest absolute Gasteiger partial charge is 0.495 e. The summed E-state index contributed by atoms with van der Waals surface area (Å²) in [5.74, 6) is 1.14. The lowest BCUT2D eigenvalue weighted by Gasteiger charge is -2.10. The van der Waals surface area contributed by atoms with Gasteiger partial charge in [-0.15, -0.1) is 0 Å². The van der Waals surface area contributed by atoms with Crippen LogP contribution in [-0.2, 0) is 11.2 Å². The van der Waals surface area contributed by atoms with Gasteiger partial charge in [-0.05, 0) is 48.9 Å². The lowest BCUT2D eigenvalue weighted by molar-refractivity contribution is -0.116. The number of anilines is 1. The fourth-order valence-electron chi connectivity index (χ4n) is 2.53. The highest BCUT2D eigenvalue weighted by Gasteiger charge is 2.11. The van der Waals surface area contributed by atoms with Crippen LogP contribution < -0.4 is 10.1 Å². The highest BCUT2D eigenvalue weighted by molar-refractivity contribution is 5.92. The number of nitrogens with one attached hydrogen (secondary N) is 1. The Labute approximate surface area is 150 Å². The van der Waals surface area contributed by atoms with Crippen LogP contribution in [0.4, 0.5) is 10.1 Å². The van der Waals surface area contributed by atoms with Gasteiger partial charge in [0.1, 0.15) is 11.6 Å². The summed E-state index contributed by atoms with van der Waals surface area (Å²) in [6.07, 6.45) is 2.16. The molecule has 0 spiro atoms. The van der Waals surface area contributed by atoms with Gasteiger partial charge >= 0.3 is 0 Å². The third-order valence-corrected chi connectivity index (χ3v) is 3.88. The fourth-order valence-corrected chi connectivity index (χ4v) is 2.53. The molecule has 3 rings (SSSR count). The minimum Gasteiger partial charge on any atom is -0.495 e. The Morgan fingerprint density at radius 1 is 1.23 bits per heavy atom. The van der Waals surface area contributed by atoms with E-state index < -0.39 is 0 Å². The maximum atomic E-state index is 13.0. The second kappa shape index (κ2) is 7.82. The zero-order valence-corrected chi connectivity index (χ0v) is 14.6. The van der Waals surface area contributed by atoms with Crippen molar-refractivity contribution in [1.29, 1.82) is 0 Å². The first-order valence-electron chi connectivity index (χ1n) is 8.20. The third-order valence-electron chi connectivity index (χ3n) is 3.88. The first-order valence-corrected chi connectivity index (χ1v) is 8.20. The van der Waals surface area contributed by atoms with E-state index in [1.54, 1.807) is 25.4 Å². The summed E-state index contributed by atoms with van der Waals surface area (Å²) in [5.41, 5.74) is 2.40. The van der Waals surface area contributed by atoms with Crippen LogP contribution in [0.25, 0.3) is 11.3 Å². The van der Waals surface area contributed by atoms with Crippen molar-refractivity contribution >= 4 is 11.6 Å². The topological polar surface area (TPSA) is 64.4 Å². The fraction of sp³-hybridized carbons (Fsp3) is 0.200. The quantitative estimate of drug-likeness (QED) is 0.714. The maximum absolute atomic E-state index is 13.0. The summed E-state index contributed by atoms with van der Waals surface area (Å²) in [6, 6.07) is 11.5. The van der Waals surface area contributed by atoms with Crippen LogP contribution in [0.2, 0.25) is 0 Å². The molecule has 6 heteroatoms. The molecule has 3 aromatic rings. The van der Waals surface area contributed by atoms with Crippen molar-refractivity contribution in [3.63, 3.8) is 0 Å². The molecular formula is C20H19FN2O3. The summed E-state index contributed by atoms with van der Waals surface area (Å²) in [5, 5.41) is 2.84. The number of hydrogen-bond donors (Lipinski definition) is 1. The van der Waals surface area contributed by atoms with E-state index in [9.17, 15) is 9.18 Å². The second-order valence-electron chi connectivity index (χ2n) is 5.88. The number of methoxy groups -OCH3 is 1. The number of hydrogen-bond acceptors (Lipinski definition) is 4. The van der Waals surface area contributed by atoms with E-state index in [4.69, 9.17) is 9.15 Å². The van der Waals surface area contributed by atoms with Crippen LogP contribution in [0, 0.1) is 12.7 Å². The van der Waals surface area contributed by atoms with Crippen molar-refractivity contribution in [2.24, 2.45) is 0 Å². The molecule has 0 aliphatic carbocycles. The molecule has 0 bridgehead atoms. The first kappa shape index (κ1) is 17.7. The van der Waals surface area contributed by atoms with E-state index in [1.807, 2.05) is 25.1 Å². The van der Waals surface area contributed by atoms with Crippen LogP contribution in [0.3, 0.4) is 0 Å². The van der Waals surface area contributed by atoms with Gasteiger partial charge in [0.25, 0.3) is 0 Å². The van der Waals surface area contributed by atoms with Crippen LogP contribution in [0.5, 0.6) is 5.75 Å². The highest BCUT2D eigenvalue weighted by atomic mass is 19.1. The smallest absolute Gasteiger partial charge is 0.224 e. The number of oxazole rings is 1.